The Morgan fingerprint density at radius 3 is 1.97 bits per heavy atom. The van der Waals surface area contributed by atoms with E-state index in [-0.39, 0.29) is 5.91 Å². The van der Waals surface area contributed by atoms with E-state index >= 15 is 0 Å². The van der Waals surface area contributed by atoms with Crippen molar-refractivity contribution in [2.45, 2.75) is 44.2 Å². The zero-order chi connectivity index (χ0) is 20.8. The lowest BCUT2D eigenvalue weighted by molar-refractivity contribution is 0.0320. The van der Waals surface area contributed by atoms with Crippen LogP contribution < -0.4 is 0 Å². The van der Waals surface area contributed by atoms with Crippen LogP contribution in [-0.4, -0.2) is 72.5 Å². The predicted molar refractivity (Wildman–Crippen MR) is 123 cm³/mol. The average molecular weight is 406 g/mol. The maximum atomic E-state index is 13.5. The highest BCUT2D eigenvalue weighted by molar-refractivity contribution is 5.94. The zero-order valence-electron chi connectivity index (χ0n) is 18.2. The van der Waals surface area contributed by atoms with Crippen LogP contribution in [0, 0.1) is 0 Å². The van der Waals surface area contributed by atoms with E-state index in [2.05, 4.69) is 52.1 Å². The number of benzene rings is 2. The van der Waals surface area contributed by atoms with Crippen LogP contribution >= 0.6 is 0 Å². The molecule has 0 aliphatic carbocycles. The van der Waals surface area contributed by atoms with Crippen molar-refractivity contribution in [2.75, 3.05) is 39.8 Å². The molecule has 4 rings (SSSR count). The number of nitrogens with zero attached hydrogens (tertiary/aromatic N) is 3. The molecule has 2 aliphatic heterocycles. The van der Waals surface area contributed by atoms with Crippen molar-refractivity contribution in [1.29, 1.82) is 0 Å². The molecule has 0 spiro atoms. The van der Waals surface area contributed by atoms with Gasteiger partial charge >= 0.3 is 0 Å². The van der Waals surface area contributed by atoms with Crippen molar-refractivity contribution in [3.05, 3.63) is 71.8 Å². The predicted octanol–water partition coefficient (Wildman–Crippen LogP) is 3.93. The number of hydrogen-bond acceptors (Lipinski definition) is 3. The Morgan fingerprint density at radius 2 is 1.37 bits per heavy atom. The zero-order valence-corrected chi connectivity index (χ0v) is 18.2. The van der Waals surface area contributed by atoms with E-state index in [9.17, 15) is 4.79 Å². The monoisotopic (exact) mass is 405 g/mol. The number of likely N-dealkylation sites (tertiary alicyclic amines) is 2. The van der Waals surface area contributed by atoms with Gasteiger partial charge in [0.15, 0.2) is 0 Å². The molecule has 2 aromatic carbocycles. The van der Waals surface area contributed by atoms with Gasteiger partial charge < -0.3 is 14.7 Å². The largest absolute Gasteiger partial charge is 0.332 e. The van der Waals surface area contributed by atoms with Gasteiger partial charge in [-0.05, 0) is 69.9 Å². The Bertz CT molecular complexity index is 778. The third-order valence-electron chi connectivity index (χ3n) is 6.85. The van der Waals surface area contributed by atoms with Crippen LogP contribution in [0.15, 0.2) is 60.7 Å². The second-order valence-corrected chi connectivity index (χ2v) is 8.92. The van der Waals surface area contributed by atoms with Gasteiger partial charge in [0.1, 0.15) is 0 Å². The highest BCUT2D eigenvalue weighted by Crippen LogP contribution is 2.26. The summed E-state index contributed by atoms with van der Waals surface area (Å²) in [4.78, 5) is 20.7. The fourth-order valence-corrected chi connectivity index (χ4v) is 4.99. The maximum absolute atomic E-state index is 13.5. The molecule has 2 aliphatic rings. The van der Waals surface area contributed by atoms with E-state index in [1.165, 1.54) is 5.56 Å². The fraction of sp³-hybridized carbons (Fsp3) is 0.500. The van der Waals surface area contributed by atoms with Crippen molar-refractivity contribution in [3.63, 3.8) is 0 Å². The average Bonchev–Trinajstić information content (AvgIpc) is 2.81. The lowest BCUT2D eigenvalue weighted by Crippen LogP contribution is -2.54. The van der Waals surface area contributed by atoms with Gasteiger partial charge in [-0.25, -0.2) is 0 Å². The molecule has 4 nitrogen and oxygen atoms in total. The van der Waals surface area contributed by atoms with E-state index in [1.54, 1.807) is 0 Å². The summed E-state index contributed by atoms with van der Waals surface area (Å²) in [7, 11) is 2.19. The normalized spacial score (nSPS) is 19.6. The van der Waals surface area contributed by atoms with Crippen LogP contribution in [0.25, 0.3) is 0 Å². The Labute approximate surface area is 181 Å². The molecule has 2 saturated heterocycles. The molecule has 160 valence electrons. The molecule has 0 unspecified atom stereocenters. The molecule has 0 N–H and O–H groups in total. The molecular weight excluding hydrogens is 370 g/mol. The third-order valence-corrected chi connectivity index (χ3v) is 6.85. The quantitative estimate of drug-likeness (QED) is 0.729. The van der Waals surface area contributed by atoms with Gasteiger partial charge in [-0.1, -0.05) is 48.5 Å². The van der Waals surface area contributed by atoms with Gasteiger partial charge in [-0.3, -0.25) is 4.79 Å². The lowest BCUT2D eigenvalue weighted by atomic mass is 9.95. The summed E-state index contributed by atoms with van der Waals surface area (Å²) in [5, 5.41) is 0. The Kier molecular flexibility index (Phi) is 7.19. The van der Waals surface area contributed by atoms with E-state index in [0.29, 0.717) is 12.1 Å². The standard InChI is InChI=1S/C26H35N3O/c1-27-17-13-24(14-18-27)29(26(30)23-10-6-3-7-11-23)25-15-20-28(21-16-25)19-12-22-8-4-2-5-9-22/h2-11,24-25H,12-21H2,1H3. The first-order chi connectivity index (χ1) is 14.7. The molecule has 2 aromatic rings. The molecule has 1 amide bonds. The van der Waals surface area contributed by atoms with E-state index in [4.69, 9.17) is 0 Å². The number of carbonyl (C=O) groups excluding carboxylic acids is 1. The molecule has 2 fully saturated rings. The van der Waals surface area contributed by atoms with E-state index < -0.39 is 0 Å². The van der Waals surface area contributed by atoms with Crippen LogP contribution in [0.1, 0.15) is 41.6 Å². The SMILES string of the molecule is CN1CCC(N(C(=O)c2ccccc2)C2CCN(CCc3ccccc3)CC2)CC1. The van der Waals surface area contributed by atoms with Crippen LogP contribution in [0.3, 0.4) is 0 Å². The number of rotatable bonds is 6. The van der Waals surface area contributed by atoms with Crippen molar-refractivity contribution >= 4 is 5.91 Å². The van der Waals surface area contributed by atoms with Gasteiger partial charge in [-0.2, -0.15) is 0 Å². The molecule has 0 radical (unpaired) electrons. The Morgan fingerprint density at radius 1 is 0.833 bits per heavy atom. The number of amides is 1. The molecule has 2 heterocycles. The van der Waals surface area contributed by atoms with E-state index in [0.717, 1.165) is 70.4 Å². The molecule has 0 aromatic heterocycles. The number of carbonyl (C=O) groups is 1. The van der Waals surface area contributed by atoms with Crippen LogP contribution in [0.4, 0.5) is 0 Å². The minimum atomic E-state index is 0.230. The fourth-order valence-electron chi connectivity index (χ4n) is 4.99. The smallest absolute Gasteiger partial charge is 0.254 e. The van der Waals surface area contributed by atoms with Crippen LogP contribution in [0.2, 0.25) is 0 Å². The first-order valence-corrected chi connectivity index (χ1v) is 11.5. The van der Waals surface area contributed by atoms with Crippen molar-refractivity contribution in [1.82, 2.24) is 14.7 Å². The van der Waals surface area contributed by atoms with E-state index in [1.807, 2.05) is 30.3 Å². The lowest BCUT2D eigenvalue weighted by Gasteiger charge is -2.45. The molecular formula is C26H35N3O. The van der Waals surface area contributed by atoms with Gasteiger partial charge in [0, 0.05) is 37.3 Å². The Hall–Kier alpha value is -2.17. The summed E-state index contributed by atoms with van der Waals surface area (Å²) in [6.07, 6.45) is 5.44. The van der Waals surface area contributed by atoms with Gasteiger partial charge in [0.05, 0.1) is 0 Å². The van der Waals surface area contributed by atoms with Crippen molar-refractivity contribution < 1.29 is 4.79 Å². The number of piperidine rings is 2. The summed E-state index contributed by atoms with van der Waals surface area (Å²) in [5.41, 5.74) is 2.25. The van der Waals surface area contributed by atoms with Gasteiger partial charge in [0.25, 0.3) is 5.91 Å². The topological polar surface area (TPSA) is 26.8 Å². The van der Waals surface area contributed by atoms with Crippen LogP contribution in [-0.2, 0) is 6.42 Å². The molecule has 0 saturated carbocycles. The number of hydrogen-bond donors (Lipinski definition) is 0. The van der Waals surface area contributed by atoms with Crippen molar-refractivity contribution in [3.8, 4) is 0 Å². The molecule has 0 bridgehead atoms. The Balaban J connectivity index is 1.39. The molecule has 30 heavy (non-hydrogen) atoms. The highest BCUT2D eigenvalue weighted by atomic mass is 16.2. The third kappa shape index (κ3) is 5.30. The summed E-state index contributed by atoms with van der Waals surface area (Å²) >= 11 is 0. The summed E-state index contributed by atoms with van der Waals surface area (Å²) in [5.74, 6) is 0.230. The summed E-state index contributed by atoms with van der Waals surface area (Å²) in [6.45, 7) is 5.45. The first-order valence-electron chi connectivity index (χ1n) is 11.5. The molecule has 4 heteroatoms. The second kappa shape index (κ2) is 10.2. The second-order valence-electron chi connectivity index (χ2n) is 8.92. The summed E-state index contributed by atoms with van der Waals surface area (Å²) in [6, 6.07) is 21.4. The van der Waals surface area contributed by atoms with Crippen molar-refractivity contribution in [2.24, 2.45) is 0 Å². The summed E-state index contributed by atoms with van der Waals surface area (Å²) < 4.78 is 0. The molecule has 0 atom stereocenters. The first kappa shape index (κ1) is 21.1. The van der Waals surface area contributed by atoms with Gasteiger partial charge in [0.2, 0.25) is 0 Å². The maximum Gasteiger partial charge on any atom is 0.254 e. The van der Waals surface area contributed by atoms with Crippen LogP contribution in [0.5, 0.6) is 0 Å². The highest BCUT2D eigenvalue weighted by Gasteiger charge is 2.34. The minimum Gasteiger partial charge on any atom is -0.332 e. The minimum absolute atomic E-state index is 0.230. The van der Waals surface area contributed by atoms with Gasteiger partial charge in [-0.15, -0.1) is 0 Å².